The van der Waals surface area contributed by atoms with Gasteiger partial charge in [-0.15, -0.1) is 0 Å². The van der Waals surface area contributed by atoms with Gasteiger partial charge in [0, 0.05) is 24.9 Å². The van der Waals surface area contributed by atoms with Gasteiger partial charge in [-0.3, -0.25) is 14.6 Å². The lowest BCUT2D eigenvalue weighted by atomic mass is 10.1. The average molecular weight is 310 g/mol. The van der Waals surface area contributed by atoms with E-state index >= 15 is 0 Å². The van der Waals surface area contributed by atoms with Crippen LogP contribution in [0.3, 0.4) is 0 Å². The maximum atomic E-state index is 12.0. The summed E-state index contributed by atoms with van der Waals surface area (Å²) in [5.41, 5.74) is 22.1. The normalized spacial score (nSPS) is 13.1. The van der Waals surface area contributed by atoms with Crippen LogP contribution in [0.2, 0.25) is 0 Å². The fraction of sp³-hybridized carbons (Fsp3) is 0.500. The predicted octanol–water partition coefficient (Wildman–Crippen LogP) is -2.70. The number of aromatic nitrogens is 2. The highest BCUT2D eigenvalue weighted by Gasteiger charge is 2.22. The fourth-order valence-electron chi connectivity index (χ4n) is 1.77. The molecule has 0 bridgehead atoms. The third kappa shape index (κ3) is 6.22. The van der Waals surface area contributed by atoms with Gasteiger partial charge in [0.1, 0.15) is 6.04 Å². The molecule has 2 unspecified atom stereocenters. The Morgan fingerprint density at radius 3 is 2.64 bits per heavy atom. The molecule has 2 amide bonds. The summed E-state index contributed by atoms with van der Waals surface area (Å²) >= 11 is 0. The summed E-state index contributed by atoms with van der Waals surface area (Å²) in [6.07, 6.45) is 4.19. The number of nitrogens with one attached hydrogen (secondary N) is 2. The van der Waals surface area contributed by atoms with Crippen molar-refractivity contribution in [2.24, 2.45) is 27.9 Å². The molecule has 10 N–H and O–H groups in total. The molecule has 0 saturated carbocycles. The largest absolute Gasteiger partial charge is 0.370 e. The molecule has 0 aliphatic carbocycles. The van der Waals surface area contributed by atoms with Crippen molar-refractivity contribution in [2.75, 3.05) is 6.54 Å². The number of amides is 2. The second-order valence-electron chi connectivity index (χ2n) is 4.80. The third-order valence-electron chi connectivity index (χ3n) is 2.94. The van der Waals surface area contributed by atoms with Gasteiger partial charge in [-0.1, -0.05) is 0 Å². The Labute approximate surface area is 127 Å². The molecule has 0 aromatic carbocycles. The molecule has 1 heterocycles. The Bertz CT molecular complexity index is 509. The van der Waals surface area contributed by atoms with E-state index in [1.807, 2.05) is 0 Å². The van der Waals surface area contributed by atoms with E-state index in [0.717, 1.165) is 0 Å². The molecule has 1 aromatic heterocycles. The number of primary amides is 1. The van der Waals surface area contributed by atoms with Gasteiger partial charge in [0.2, 0.25) is 11.8 Å². The molecular weight excluding hydrogens is 288 g/mol. The van der Waals surface area contributed by atoms with Crippen molar-refractivity contribution >= 4 is 17.8 Å². The highest BCUT2D eigenvalue weighted by Crippen LogP contribution is 2.01. The van der Waals surface area contributed by atoms with Gasteiger partial charge in [0.15, 0.2) is 5.96 Å². The number of imidazole rings is 1. The molecule has 2 atom stereocenters. The first-order valence-electron chi connectivity index (χ1n) is 6.78. The molecule has 0 spiro atoms. The van der Waals surface area contributed by atoms with E-state index < -0.39 is 23.9 Å². The van der Waals surface area contributed by atoms with Gasteiger partial charge in [-0.25, -0.2) is 4.98 Å². The van der Waals surface area contributed by atoms with E-state index in [-0.39, 0.29) is 12.4 Å². The highest BCUT2D eigenvalue weighted by atomic mass is 16.2. The maximum Gasteiger partial charge on any atom is 0.240 e. The molecule has 0 fully saturated rings. The van der Waals surface area contributed by atoms with Crippen molar-refractivity contribution in [1.82, 2.24) is 15.3 Å². The summed E-state index contributed by atoms with van der Waals surface area (Å²) in [6.45, 7) is 0.386. The average Bonchev–Trinajstić information content (AvgIpc) is 2.95. The molecule has 122 valence electrons. The standard InChI is InChI=1S/C12H22N8O2/c13-8(2-1-3-18-12(15)16)11(22)20-9(10(14)21)4-7-5-17-6-19-7/h5-6,8-9H,1-4,13H2,(H2,14,21)(H,17,19)(H,20,22)(H4,15,16,18). The van der Waals surface area contributed by atoms with E-state index in [2.05, 4.69) is 20.3 Å². The summed E-state index contributed by atoms with van der Waals surface area (Å²) in [4.78, 5) is 33.8. The zero-order valence-corrected chi connectivity index (χ0v) is 12.2. The van der Waals surface area contributed by atoms with E-state index in [4.69, 9.17) is 22.9 Å². The lowest BCUT2D eigenvalue weighted by Gasteiger charge is -2.17. The minimum Gasteiger partial charge on any atom is -0.370 e. The predicted molar refractivity (Wildman–Crippen MR) is 81.3 cm³/mol. The van der Waals surface area contributed by atoms with Crippen molar-refractivity contribution in [1.29, 1.82) is 0 Å². The molecule has 0 saturated heterocycles. The van der Waals surface area contributed by atoms with Crippen molar-refractivity contribution < 1.29 is 9.59 Å². The SMILES string of the molecule is NC(=O)C(Cc1cnc[nH]1)NC(=O)C(N)CCCN=C(N)N. The molecule has 0 aliphatic heterocycles. The molecule has 0 radical (unpaired) electrons. The van der Waals surface area contributed by atoms with Crippen LogP contribution in [0, 0.1) is 0 Å². The van der Waals surface area contributed by atoms with Gasteiger partial charge < -0.3 is 33.2 Å². The van der Waals surface area contributed by atoms with E-state index in [1.54, 1.807) is 6.20 Å². The minimum absolute atomic E-state index is 0.00799. The summed E-state index contributed by atoms with van der Waals surface area (Å²) in [5, 5.41) is 2.53. The molecular formula is C12H22N8O2. The number of H-pyrrole nitrogens is 1. The number of guanidine groups is 1. The van der Waals surface area contributed by atoms with Gasteiger partial charge >= 0.3 is 0 Å². The Morgan fingerprint density at radius 1 is 1.36 bits per heavy atom. The summed E-state index contributed by atoms with van der Waals surface area (Å²) in [7, 11) is 0. The van der Waals surface area contributed by atoms with Crippen LogP contribution in [0.1, 0.15) is 18.5 Å². The Kier molecular flexibility index (Phi) is 6.83. The van der Waals surface area contributed by atoms with E-state index in [1.165, 1.54) is 6.33 Å². The number of nitrogens with zero attached hydrogens (tertiary/aromatic N) is 2. The first-order chi connectivity index (χ1) is 10.4. The highest BCUT2D eigenvalue weighted by molar-refractivity contribution is 5.89. The topological polar surface area (TPSA) is 191 Å². The van der Waals surface area contributed by atoms with Crippen molar-refractivity contribution in [3.63, 3.8) is 0 Å². The second-order valence-corrected chi connectivity index (χ2v) is 4.80. The van der Waals surface area contributed by atoms with Crippen LogP contribution in [0.25, 0.3) is 0 Å². The number of aromatic amines is 1. The number of rotatable bonds is 9. The quantitative estimate of drug-likeness (QED) is 0.163. The lowest BCUT2D eigenvalue weighted by Crippen LogP contribution is -2.51. The van der Waals surface area contributed by atoms with Gasteiger partial charge in [-0.2, -0.15) is 0 Å². The first kappa shape index (κ1) is 17.4. The monoisotopic (exact) mass is 310 g/mol. The summed E-state index contributed by atoms with van der Waals surface area (Å²) < 4.78 is 0. The fourth-order valence-corrected chi connectivity index (χ4v) is 1.77. The lowest BCUT2D eigenvalue weighted by molar-refractivity contribution is -0.128. The molecule has 0 aliphatic rings. The van der Waals surface area contributed by atoms with Crippen molar-refractivity contribution in [3.8, 4) is 0 Å². The summed E-state index contributed by atoms with van der Waals surface area (Å²) in [6, 6.07) is -1.62. The van der Waals surface area contributed by atoms with Gasteiger partial charge in [-0.05, 0) is 12.8 Å². The van der Waals surface area contributed by atoms with Gasteiger partial charge in [0.05, 0.1) is 12.4 Å². The number of hydrogen-bond acceptors (Lipinski definition) is 5. The van der Waals surface area contributed by atoms with Gasteiger partial charge in [0.25, 0.3) is 0 Å². The number of nitrogens with two attached hydrogens (primary N) is 4. The second kappa shape index (κ2) is 8.62. The number of hydrogen-bond donors (Lipinski definition) is 6. The molecule has 22 heavy (non-hydrogen) atoms. The Morgan fingerprint density at radius 2 is 2.09 bits per heavy atom. The van der Waals surface area contributed by atoms with E-state index in [0.29, 0.717) is 25.1 Å². The van der Waals surface area contributed by atoms with Crippen LogP contribution < -0.4 is 28.3 Å². The molecule has 10 heteroatoms. The number of carbonyl (C=O) groups excluding carboxylic acids is 2. The van der Waals surface area contributed by atoms with Crippen LogP contribution in [0.4, 0.5) is 0 Å². The van der Waals surface area contributed by atoms with Crippen LogP contribution in [0.15, 0.2) is 17.5 Å². The summed E-state index contributed by atoms with van der Waals surface area (Å²) in [5.74, 6) is -1.10. The Hall–Kier alpha value is -2.62. The maximum absolute atomic E-state index is 12.0. The third-order valence-corrected chi connectivity index (χ3v) is 2.94. The number of carbonyl (C=O) groups is 2. The zero-order valence-electron chi connectivity index (χ0n) is 12.2. The minimum atomic E-state index is -0.850. The van der Waals surface area contributed by atoms with E-state index in [9.17, 15) is 9.59 Å². The number of aliphatic imine (C=N–C) groups is 1. The molecule has 10 nitrogen and oxygen atoms in total. The van der Waals surface area contributed by atoms with Crippen LogP contribution in [0.5, 0.6) is 0 Å². The molecule has 1 rings (SSSR count). The van der Waals surface area contributed by atoms with Crippen LogP contribution in [-0.2, 0) is 16.0 Å². The van der Waals surface area contributed by atoms with Crippen LogP contribution >= 0.6 is 0 Å². The zero-order chi connectivity index (χ0) is 16.5. The smallest absolute Gasteiger partial charge is 0.240 e. The van der Waals surface area contributed by atoms with Crippen molar-refractivity contribution in [2.45, 2.75) is 31.3 Å². The molecule has 1 aromatic rings. The first-order valence-corrected chi connectivity index (χ1v) is 6.78. The Balaban J connectivity index is 2.45. The van der Waals surface area contributed by atoms with Crippen LogP contribution in [-0.4, -0.2) is 46.4 Å². The van der Waals surface area contributed by atoms with Crippen molar-refractivity contribution in [3.05, 3.63) is 18.2 Å².